The Kier molecular flexibility index (Phi) is 3.62. The summed E-state index contributed by atoms with van der Waals surface area (Å²) in [6, 6.07) is 6.05. The Morgan fingerprint density at radius 2 is 2.27 bits per heavy atom. The first-order valence-corrected chi connectivity index (χ1v) is 4.79. The van der Waals surface area contributed by atoms with Gasteiger partial charge in [-0.1, -0.05) is 23.7 Å². The SMILES string of the molecule is CNCc1cccc(I)c1Cl. The number of rotatable bonds is 2. The highest BCUT2D eigenvalue weighted by molar-refractivity contribution is 14.1. The first-order valence-electron chi connectivity index (χ1n) is 3.33. The summed E-state index contributed by atoms with van der Waals surface area (Å²) in [5.74, 6) is 0. The lowest BCUT2D eigenvalue weighted by Crippen LogP contribution is -2.05. The zero-order valence-corrected chi connectivity index (χ0v) is 9.11. The highest BCUT2D eigenvalue weighted by Gasteiger charge is 2.00. The maximum absolute atomic E-state index is 6.02. The smallest absolute Gasteiger partial charge is 0.0584 e. The van der Waals surface area contributed by atoms with Crippen molar-refractivity contribution in [2.24, 2.45) is 0 Å². The highest BCUT2D eigenvalue weighted by atomic mass is 127. The quantitative estimate of drug-likeness (QED) is 0.822. The molecule has 0 aliphatic rings. The van der Waals surface area contributed by atoms with E-state index in [1.165, 1.54) is 0 Å². The molecule has 0 heterocycles. The fourth-order valence-corrected chi connectivity index (χ4v) is 1.62. The maximum atomic E-state index is 6.02. The summed E-state index contributed by atoms with van der Waals surface area (Å²) in [6.45, 7) is 0.829. The molecule has 3 heteroatoms. The average molecular weight is 282 g/mol. The van der Waals surface area contributed by atoms with Crippen molar-refractivity contribution in [3.8, 4) is 0 Å². The van der Waals surface area contributed by atoms with Crippen molar-refractivity contribution in [1.29, 1.82) is 0 Å². The van der Waals surface area contributed by atoms with Crippen LogP contribution in [0, 0.1) is 3.57 Å². The van der Waals surface area contributed by atoms with E-state index in [4.69, 9.17) is 11.6 Å². The van der Waals surface area contributed by atoms with Gasteiger partial charge in [0, 0.05) is 10.1 Å². The topological polar surface area (TPSA) is 12.0 Å². The van der Waals surface area contributed by atoms with Gasteiger partial charge in [0.05, 0.1) is 5.02 Å². The summed E-state index contributed by atoms with van der Waals surface area (Å²) in [4.78, 5) is 0. The summed E-state index contributed by atoms with van der Waals surface area (Å²) in [6.07, 6.45) is 0. The van der Waals surface area contributed by atoms with Crippen LogP contribution in [0.1, 0.15) is 5.56 Å². The van der Waals surface area contributed by atoms with Crippen LogP contribution in [0.25, 0.3) is 0 Å². The molecule has 0 saturated heterocycles. The zero-order valence-electron chi connectivity index (χ0n) is 6.20. The van der Waals surface area contributed by atoms with Crippen molar-refractivity contribution in [2.75, 3.05) is 7.05 Å². The molecule has 0 aliphatic carbocycles. The van der Waals surface area contributed by atoms with Gasteiger partial charge in [-0.05, 0) is 41.3 Å². The van der Waals surface area contributed by atoms with Crippen LogP contribution in [0.5, 0.6) is 0 Å². The Morgan fingerprint density at radius 3 is 2.91 bits per heavy atom. The molecule has 0 saturated carbocycles. The predicted octanol–water partition coefficient (Wildman–Crippen LogP) is 2.66. The Bertz CT molecular complexity index is 250. The number of hydrogen-bond donors (Lipinski definition) is 1. The Labute approximate surface area is 85.3 Å². The van der Waals surface area contributed by atoms with Crippen LogP contribution < -0.4 is 5.32 Å². The van der Waals surface area contributed by atoms with Crippen LogP contribution in [0.3, 0.4) is 0 Å². The number of nitrogens with one attached hydrogen (secondary N) is 1. The number of hydrogen-bond acceptors (Lipinski definition) is 1. The molecular weight excluding hydrogens is 272 g/mol. The summed E-state index contributed by atoms with van der Waals surface area (Å²) in [5.41, 5.74) is 1.15. The lowest BCUT2D eigenvalue weighted by Gasteiger charge is -2.03. The van der Waals surface area contributed by atoms with Crippen LogP contribution in [0.15, 0.2) is 18.2 Å². The van der Waals surface area contributed by atoms with Crippen LogP contribution in [0.4, 0.5) is 0 Å². The second-order valence-electron chi connectivity index (χ2n) is 2.24. The summed E-state index contributed by atoms with van der Waals surface area (Å²) >= 11 is 8.25. The Balaban J connectivity index is 2.96. The van der Waals surface area contributed by atoms with Gasteiger partial charge >= 0.3 is 0 Å². The highest BCUT2D eigenvalue weighted by Crippen LogP contribution is 2.22. The molecule has 0 unspecified atom stereocenters. The maximum Gasteiger partial charge on any atom is 0.0584 e. The van der Waals surface area contributed by atoms with Crippen molar-refractivity contribution in [2.45, 2.75) is 6.54 Å². The summed E-state index contributed by atoms with van der Waals surface area (Å²) < 4.78 is 1.11. The van der Waals surface area contributed by atoms with Crippen molar-refractivity contribution < 1.29 is 0 Å². The van der Waals surface area contributed by atoms with E-state index in [9.17, 15) is 0 Å². The van der Waals surface area contributed by atoms with Gasteiger partial charge in [-0.15, -0.1) is 0 Å². The number of benzene rings is 1. The zero-order chi connectivity index (χ0) is 8.27. The Hall–Kier alpha value is 0.200. The van der Waals surface area contributed by atoms with E-state index in [0.29, 0.717) is 0 Å². The van der Waals surface area contributed by atoms with Crippen LogP contribution in [0.2, 0.25) is 5.02 Å². The largest absolute Gasteiger partial charge is 0.316 e. The standard InChI is InChI=1S/C8H9ClIN/c1-11-5-6-3-2-4-7(10)8(6)9/h2-4,11H,5H2,1H3. The van der Waals surface area contributed by atoms with E-state index in [-0.39, 0.29) is 0 Å². The van der Waals surface area contributed by atoms with E-state index < -0.39 is 0 Å². The third-order valence-corrected chi connectivity index (χ3v) is 3.06. The lowest BCUT2D eigenvalue weighted by atomic mass is 10.2. The van der Waals surface area contributed by atoms with Gasteiger partial charge in [0.1, 0.15) is 0 Å². The van der Waals surface area contributed by atoms with E-state index in [0.717, 1.165) is 20.7 Å². The second-order valence-corrected chi connectivity index (χ2v) is 3.78. The van der Waals surface area contributed by atoms with Crippen molar-refractivity contribution in [3.05, 3.63) is 32.4 Å². The van der Waals surface area contributed by atoms with E-state index in [2.05, 4.69) is 27.9 Å². The minimum atomic E-state index is 0.829. The molecule has 0 aliphatic heterocycles. The minimum Gasteiger partial charge on any atom is -0.316 e. The number of halogens is 2. The van der Waals surface area contributed by atoms with Gasteiger partial charge in [-0.3, -0.25) is 0 Å². The molecule has 1 nitrogen and oxygen atoms in total. The third-order valence-electron chi connectivity index (χ3n) is 1.40. The van der Waals surface area contributed by atoms with Crippen molar-refractivity contribution >= 4 is 34.2 Å². The van der Waals surface area contributed by atoms with Gasteiger partial charge in [0.2, 0.25) is 0 Å². The molecule has 0 aromatic heterocycles. The monoisotopic (exact) mass is 281 g/mol. The average Bonchev–Trinajstić information content (AvgIpc) is 1.99. The first-order chi connectivity index (χ1) is 5.25. The van der Waals surface area contributed by atoms with Gasteiger partial charge in [-0.2, -0.15) is 0 Å². The molecule has 0 fully saturated rings. The molecule has 1 rings (SSSR count). The molecule has 0 radical (unpaired) electrons. The van der Waals surface area contributed by atoms with Gasteiger partial charge in [-0.25, -0.2) is 0 Å². The molecule has 0 atom stereocenters. The minimum absolute atomic E-state index is 0.829. The van der Waals surface area contributed by atoms with E-state index in [1.54, 1.807) is 0 Å². The predicted molar refractivity (Wildman–Crippen MR) is 56.9 cm³/mol. The fraction of sp³-hybridized carbons (Fsp3) is 0.250. The fourth-order valence-electron chi connectivity index (χ4n) is 0.875. The molecule has 1 aromatic carbocycles. The van der Waals surface area contributed by atoms with Crippen molar-refractivity contribution in [1.82, 2.24) is 5.32 Å². The normalized spacial score (nSPS) is 10.1. The third kappa shape index (κ3) is 2.32. The molecule has 1 N–H and O–H groups in total. The van der Waals surface area contributed by atoms with Gasteiger partial charge < -0.3 is 5.32 Å². The van der Waals surface area contributed by atoms with Crippen molar-refractivity contribution in [3.63, 3.8) is 0 Å². The van der Waals surface area contributed by atoms with Crippen LogP contribution in [-0.4, -0.2) is 7.05 Å². The van der Waals surface area contributed by atoms with Gasteiger partial charge in [0.15, 0.2) is 0 Å². The summed E-state index contributed by atoms with van der Waals surface area (Å²) in [5, 5.41) is 3.93. The van der Waals surface area contributed by atoms with E-state index in [1.807, 2.05) is 25.2 Å². The van der Waals surface area contributed by atoms with E-state index >= 15 is 0 Å². The molecule has 11 heavy (non-hydrogen) atoms. The molecule has 0 bridgehead atoms. The molecule has 1 aromatic rings. The molecular formula is C8H9ClIN. The lowest BCUT2D eigenvalue weighted by molar-refractivity contribution is 0.817. The van der Waals surface area contributed by atoms with Crippen LogP contribution >= 0.6 is 34.2 Å². The summed E-state index contributed by atoms with van der Waals surface area (Å²) in [7, 11) is 1.91. The Morgan fingerprint density at radius 1 is 1.55 bits per heavy atom. The first kappa shape index (κ1) is 9.29. The molecule has 0 amide bonds. The second kappa shape index (κ2) is 4.28. The molecule has 0 spiro atoms. The van der Waals surface area contributed by atoms with Crippen LogP contribution in [-0.2, 0) is 6.54 Å². The molecule has 60 valence electrons. The van der Waals surface area contributed by atoms with Gasteiger partial charge in [0.25, 0.3) is 0 Å².